The van der Waals surface area contributed by atoms with Crippen LogP contribution in [0.15, 0.2) is 68.5 Å². The molecule has 4 rings (SSSR count). The Hall–Kier alpha value is -2.72. The van der Waals surface area contributed by atoms with Crippen LogP contribution in [-0.2, 0) is 20.0 Å². The van der Waals surface area contributed by atoms with Crippen LogP contribution in [-0.4, -0.2) is 28.3 Å². The summed E-state index contributed by atoms with van der Waals surface area (Å²) in [6.45, 7) is 8.05. The van der Waals surface area contributed by atoms with E-state index in [0.29, 0.717) is 25.7 Å². The van der Waals surface area contributed by atoms with E-state index in [1.54, 1.807) is 48.5 Å². The largest absolute Gasteiger partial charge is 0.276 e. The summed E-state index contributed by atoms with van der Waals surface area (Å²) in [6, 6.07) is 13.2. The zero-order chi connectivity index (χ0) is 24.8. The van der Waals surface area contributed by atoms with Crippen LogP contribution in [0, 0.1) is 24.7 Å². The lowest BCUT2D eigenvalue weighted by molar-refractivity contribution is 0.157. The van der Waals surface area contributed by atoms with Crippen LogP contribution < -0.4 is 9.66 Å². The fourth-order valence-electron chi connectivity index (χ4n) is 4.85. The molecule has 2 fully saturated rings. The Bertz CT molecular complexity index is 1240. The average Bonchev–Trinajstić information content (AvgIpc) is 3.15. The molecule has 0 aromatic heterocycles. The van der Waals surface area contributed by atoms with Crippen LogP contribution in [0.4, 0.5) is 0 Å². The number of sulfonamides is 2. The quantitative estimate of drug-likeness (QED) is 0.583. The predicted octanol–water partition coefficient (Wildman–Crippen LogP) is 3.87. The summed E-state index contributed by atoms with van der Waals surface area (Å²) in [5.74, 6) is 0. The molecule has 0 heterocycles. The maximum atomic E-state index is 12.6. The summed E-state index contributed by atoms with van der Waals surface area (Å²) in [4.78, 5) is 5.10. The van der Waals surface area contributed by atoms with Crippen molar-refractivity contribution in [3.8, 4) is 0 Å². The molecular weight excluding hydrogens is 472 g/mol. The maximum Gasteiger partial charge on any atom is 0.276 e. The second-order valence-electron chi connectivity index (χ2n) is 10.0. The van der Waals surface area contributed by atoms with E-state index in [0.717, 1.165) is 22.6 Å². The Kier molecular flexibility index (Phi) is 6.10. The third kappa shape index (κ3) is 4.74. The number of hydrogen-bond donors (Lipinski definition) is 2. The summed E-state index contributed by atoms with van der Waals surface area (Å²) in [6.07, 6.45) is 2.46. The topological polar surface area (TPSA) is 117 Å². The first-order valence-corrected chi connectivity index (χ1v) is 14.1. The van der Waals surface area contributed by atoms with Crippen molar-refractivity contribution >= 4 is 31.5 Å². The van der Waals surface area contributed by atoms with Crippen molar-refractivity contribution in [2.75, 3.05) is 0 Å². The molecule has 0 unspecified atom stereocenters. The molecule has 34 heavy (non-hydrogen) atoms. The second kappa shape index (κ2) is 8.49. The van der Waals surface area contributed by atoms with Gasteiger partial charge in [-0.2, -0.15) is 27.0 Å². The van der Waals surface area contributed by atoms with Gasteiger partial charge in [0.2, 0.25) is 0 Å². The van der Waals surface area contributed by atoms with Gasteiger partial charge >= 0.3 is 0 Å². The first-order valence-electron chi connectivity index (χ1n) is 11.1. The van der Waals surface area contributed by atoms with Gasteiger partial charge in [0.15, 0.2) is 0 Å². The van der Waals surface area contributed by atoms with E-state index in [-0.39, 0.29) is 20.6 Å². The van der Waals surface area contributed by atoms with Crippen LogP contribution in [0.3, 0.4) is 0 Å². The Morgan fingerprint density at radius 3 is 1.21 bits per heavy atom. The molecule has 182 valence electrons. The summed E-state index contributed by atoms with van der Waals surface area (Å²) in [5.41, 5.74) is 3.17. The highest BCUT2D eigenvalue weighted by molar-refractivity contribution is 7.89. The second-order valence-corrected chi connectivity index (χ2v) is 13.3. The predicted molar refractivity (Wildman–Crippen MR) is 133 cm³/mol. The third-order valence-corrected chi connectivity index (χ3v) is 9.59. The summed E-state index contributed by atoms with van der Waals surface area (Å²) < 4.78 is 50.3. The van der Waals surface area contributed by atoms with Gasteiger partial charge in [0, 0.05) is 11.4 Å². The molecule has 0 amide bonds. The van der Waals surface area contributed by atoms with Gasteiger partial charge in [0.25, 0.3) is 20.0 Å². The van der Waals surface area contributed by atoms with E-state index in [1.807, 2.05) is 13.8 Å². The van der Waals surface area contributed by atoms with E-state index in [1.165, 1.54) is 0 Å². The number of hydrazone groups is 2. The lowest BCUT2D eigenvalue weighted by Crippen LogP contribution is -2.25. The molecule has 2 N–H and O–H groups in total. The van der Waals surface area contributed by atoms with Gasteiger partial charge in [-0.3, -0.25) is 0 Å². The molecule has 0 bridgehead atoms. The molecule has 0 atom stereocenters. The van der Waals surface area contributed by atoms with Crippen LogP contribution in [0.2, 0.25) is 0 Å². The number of aryl methyl sites for hydroxylation is 2. The Morgan fingerprint density at radius 1 is 0.618 bits per heavy atom. The molecule has 0 spiro atoms. The average molecular weight is 503 g/mol. The molecule has 0 aliphatic heterocycles. The minimum atomic E-state index is -3.73. The first kappa shape index (κ1) is 24.4. The van der Waals surface area contributed by atoms with Gasteiger partial charge in [0.1, 0.15) is 0 Å². The molecule has 2 aromatic carbocycles. The zero-order valence-electron chi connectivity index (χ0n) is 19.8. The fraction of sp³-hybridized carbons (Fsp3) is 0.417. The molecule has 0 radical (unpaired) electrons. The van der Waals surface area contributed by atoms with Crippen molar-refractivity contribution < 1.29 is 16.8 Å². The van der Waals surface area contributed by atoms with Crippen molar-refractivity contribution in [2.45, 2.75) is 63.2 Å². The lowest BCUT2D eigenvalue weighted by Gasteiger charge is -2.32. The molecular formula is C24H30N4O4S2. The van der Waals surface area contributed by atoms with Crippen molar-refractivity contribution in [3.05, 3.63) is 59.7 Å². The molecule has 8 nitrogen and oxygen atoms in total. The van der Waals surface area contributed by atoms with Gasteiger partial charge in [-0.15, -0.1) is 0 Å². The van der Waals surface area contributed by atoms with Gasteiger partial charge in [0.05, 0.1) is 9.79 Å². The number of hydrogen-bond acceptors (Lipinski definition) is 6. The molecule has 2 saturated carbocycles. The number of rotatable bonds is 6. The summed E-state index contributed by atoms with van der Waals surface area (Å²) in [5, 5.41) is 8.50. The van der Waals surface area contributed by atoms with E-state index in [2.05, 4.69) is 33.7 Å². The van der Waals surface area contributed by atoms with E-state index in [4.69, 9.17) is 0 Å². The van der Waals surface area contributed by atoms with Crippen LogP contribution in [0.1, 0.15) is 50.7 Å². The highest BCUT2D eigenvalue weighted by Crippen LogP contribution is 2.60. The third-order valence-electron chi connectivity index (χ3n) is 7.14. The van der Waals surface area contributed by atoms with E-state index < -0.39 is 20.0 Å². The van der Waals surface area contributed by atoms with Crippen LogP contribution in [0.25, 0.3) is 0 Å². The summed E-state index contributed by atoms with van der Waals surface area (Å²) in [7, 11) is -7.46. The van der Waals surface area contributed by atoms with Crippen molar-refractivity contribution in [1.82, 2.24) is 9.66 Å². The molecule has 0 saturated heterocycles. The first-order chi connectivity index (χ1) is 15.8. The Balaban J connectivity index is 1.44. The zero-order valence-corrected chi connectivity index (χ0v) is 21.4. The standard InChI is InChI=1S/C24H30N4O4S2/c1-17-5-9-21(10-6-17)33(29,30)27-25-19-13-23(3)15-20(16-24(23,4)14-19)26-28-34(31,32)22-11-7-18(2)8-12-22/h5-12,27-28H,13-16H2,1-4H3. The highest BCUT2D eigenvalue weighted by Gasteiger charge is 2.56. The molecule has 2 aromatic rings. The van der Waals surface area contributed by atoms with Crippen molar-refractivity contribution in [1.29, 1.82) is 0 Å². The normalized spacial score (nSPS) is 24.6. The summed E-state index contributed by atoms with van der Waals surface area (Å²) >= 11 is 0. The monoisotopic (exact) mass is 502 g/mol. The SMILES string of the molecule is Cc1ccc(S(=O)(=O)NN=C2CC3(C)CC(=NNS(=O)(=O)c4ccc(C)cc4)CC3(C)C2)cc1. The molecule has 2 aliphatic carbocycles. The highest BCUT2D eigenvalue weighted by atomic mass is 32.2. The number of nitrogens with zero attached hydrogens (tertiary/aromatic N) is 2. The molecule has 10 heteroatoms. The fourth-order valence-corrected chi connectivity index (χ4v) is 6.55. The van der Waals surface area contributed by atoms with Crippen molar-refractivity contribution in [2.24, 2.45) is 21.0 Å². The number of fused-ring (bicyclic) bond motifs is 1. The van der Waals surface area contributed by atoms with Gasteiger partial charge in [-0.25, -0.2) is 9.66 Å². The number of nitrogens with one attached hydrogen (secondary N) is 2. The van der Waals surface area contributed by atoms with Crippen LogP contribution >= 0.6 is 0 Å². The van der Waals surface area contributed by atoms with Gasteiger partial charge in [-0.05, 0) is 74.6 Å². The minimum absolute atomic E-state index is 0.174. The van der Waals surface area contributed by atoms with E-state index >= 15 is 0 Å². The van der Waals surface area contributed by atoms with Gasteiger partial charge < -0.3 is 0 Å². The maximum absolute atomic E-state index is 12.6. The van der Waals surface area contributed by atoms with E-state index in [9.17, 15) is 16.8 Å². The minimum Gasteiger partial charge on any atom is -0.200 e. The molecule has 2 aliphatic rings. The van der Waals surface area contributed by atoms with Crippen LogP contribution in [0.5, 0.6) is 0 Å². The smallest absolute Gasteiger partial charge is 0.200 e. The number of benzene rings is 2. The Labute approximate surface area is 201 Å². The van der Waals surface area contributed by atoms with Crippen molar-refractivity contribution in [3.63, 3.8) is 0 Å². The Morgan fingerprint density at radius 2 is 0.912 bits per heavy atom. The van der Waals surface area contributed by atoms with Gasteiger partial charge in [-0.1, -0.05) is 49.2 Å². The lowest BCUT2D eigenvalue weighted by atomic mass is 9.71.